The average Bonchev–Trinajstić information content (AvgIpc) is 3.82. The first-order valence-electron chi connectivity index (χ1n) is 18.0. The molecule has 3 heteroatoms. The molecule has 8 aromatic rings. The second-order valence-electron chi connectivity index (χ2n) is 13.8. The van der Waals surface area contributed by atoms with Gasteiger partial charge in [-0.25, -0.2) is 0 Å². The summed E-state index contributed by atoms with van der Waals surface area (Å²) >= 11 is -0.351. The van der Waals surface area contributed by atoms with Gasteiger partial charge in [0.1, 0.15) is 0 Å². The van der Waals surface area contributed by atoms with Crippen LogP contribution in [-0.2, 0) is 25.7 Å². The first-order chi connectivity index (χ1) is 25.3. The van der Waals surface area contributed by atoms with Crippen molar-refractivity contribution in [1.29, 1.82) is 0 Å². The van der Waals surface area contributed by atoms with Crippen LogP contribution >= 0.6 is 23.5 Å². The van der Waals surface area contributed by atoms with E-state index in [-0.39, 0.29) is 0 Å². The molecule has 0 heterocycles. The number of benzene rings is 8. The van der Waals surface area contributed by atoms with Gasteiger partial charge in [0.25, 0.3) is 0 Å². The topological polar surface area (TPSA) is 0 Å². The van der Waals surface area contributed by atoms with E-state index in [2.05, 4.69) is 170 Å². The third kappa shape index (κ3) is 5.21. The van der Waals surface area contributed by atoms with E-state index in [1.807, 2.05) is 23.5 Å². The zero-order valence-electron chi connectivity index (χ0n) is 28.3. The van der Waals surface area contributed by atoms with Gasteiger partial charge in [0.05, 0.1) is 0 Å². The molecule has 0 atom stereocenters. The Morgan fingerprint density at radius 1 is 0.314 bits per heavy atom. The Morgan fingerprint density at radius 2 is 0.647 bits per heavy atom. The zero-order valence-corrected chi connectivity index (χ0v) is 32.8. The van der Waals surface area contributed by atoms with Crippen molar-refractivity contribution >= 4 is 77.8 Å². The van der Waals surface area contributed by atoms with E-state index in [1.54, 1.807) is 7.16 Å². The Bertz CT molecular complexity index is 2360. The summed E-state index contributed by atoms with van der Waals surface area (Å²) in [4.78, 5) is 5.32. The molecule has 0 aromatic heterocycles. The minimum atomic E-state index is -4.21. The van der Waals surface area contributed by atoms with E-state index >= 15 is 0 Å². The van der Waals surface area contributed by atoms with Crippen LogP contribution in [0, 0.1) is 0 Å². The van der Waals surface area contributed by atoms with Crippen LogP contribution in [0.15, 0.2) is 189 Å². The van der Waals surface area contributed by atoms with Crippen molar-refractivity contribution in [3.05, 3.63) is 192 Å². The fraction of sp³-hybridized carbons (Fsp3) is 0.0833. The monoisotopic (exact) mass is 796 g/mol. The summed E-state index contributed by atoms with van der Waals surface area (Å²) in [7, 11) is 0. The first kappa shape index (κ1) is 31.5. The van der Waals surface area contributed by atoms with Gasteiger partial charge >= 0.3 is 315 Å². The van der Waals surface area contributed by atoms with Crippen LogP contribution in [0.1, 0.15) is 22.3 Å². The fourth-order valence-corrected chi connectivity index (χ4v) is 26.3. The summed E-state index contributed by atoms with van der Waals surface area (Å²) in [6.45, 7) is 0. The number of aryl methyl sites for hydroxylation is 4. The normalized spacial score (nSPS) is 13.3. The van der Waals surface area contributed by atoms with Gasteiger partial charge in [-0.1, -0.05) is 0 Å². The SMILES string of the molecule is c1ccc(Sc2ccc3c4c(cc[c]([Sn]([c]5ccccc5)([c]5ccccc5)[c]5ccc6c7c(ccc(Sc8ccccc8)c57)CC6)c24)CC3)cc1. The molecule has 8 aromatic carbocycles. The van der Waals surface area contributed by atoms with Gasteiger partial charge in [-0.15, -0.1) is 0 Å². The molecule has 0 aliphatic heterocycles. The van der Waals surface area contributed by atoms with Crippen molar-refractivity contribution < 1.29 is 0 Å². The molecule has 0 unspecified atom stereocenters. The van der Waals surface area contributed by atoms with Crippen LogP contribution in [0.2, 0.25) is 0 Å². The summed E-state index contributed by atoms with van der Waals surface area (Å²) < 4.78 is 6.14. The third-order valence-corrected chi connectivity index (χ3v) is 27.1. The van der Waals surface area contributed by atoms with E-state index in [0.717, 1.165) is 25.7 Å². The Morgan fingerprint density at radius 3 is 1.02 bits per heavy atom. The molecule has 0 fully saturated rings. The van der Waals surface area contributed by atoms with Gasteiger partial charge in [-0.3, -0.25) is 0 Å². The van der Waals surface area contributed by atoms with E-state index in [9.17, 15) is 0 Å². The van der Waals surface area contributed by atoms with Crippen LogP contribution in [0.3, 0.4) is 0 Å². The molecule has 0 N–H and O–H groups in total. The Hall–Kier alpha value is -4.22. The molecule has 0 spiro atoms. The molecule has 0 nitrogen and oxygen atoms in total. The Labute approximate surface area is 312 Å². The molecule has 2 aliphatic rings. The second kappa shape index (κ2) is 13.1. The molecule has 0 bridgehead atoms. The van der Waals surface area contributed by atoms with Crippen molar-refractivity contribution in [3.63, 3.8) is 0 Å². The predicted molar refractivity (Wildman–Crippen MR) is 221 cm³/mol. The number of rotatable bonds is 8. The standard InChI is InChI=1S/2C18H13S.2C6H5.Sn/c2*1-2-6-15(7-3-1)19-17-12-11-14-10-9-13-5-4-8-16(17)18(13)14;2*1-2-4-6-5-3-1;/h2*1-7,11-12H,9-10H2;2*1-5H;. The second-order valence-corrected chi connectivity index (χ2v) is 26.7. The maximum atomic E-state index is 2.59. The van der Waals surface area contributed by atoms with Gasteiger partial charge in [0.2, 0.25) is 0 Å². The van der Waals surface area contributed by atoms with Crippen molar-refractivity contribution in [1.82, 2.24) is 0 Å². The van der Waals surface area contributed by atoms with Crippen LogP contribution in [-0.4, -0.2) is 18.4 Å². The van der Waals surface area contributed by atoms with Crippen molar-refractivity contribution in [3.8, 4) is 0 Å². The van der Waals surface area contributed by atoms with Crippen LogP contribution in [0.4, 0.5) is 0 Å². The quantitative estimate of drug-likeness (QED) is 0.141. The Kier molecular flexibility index (Phi) is 8.08. The van der Waals surface area contributed by atoms with Crippen LogP contribution < -0.4 is 14.3 Å². The zero-order chi connectivity index (χ0) is 33.8. The summed E-state index contributed by atoms with van der Waals surface area (Å²) in [6, 6.07) is 65.2. The van der Waals surface area contributed by atoms with Crippen molar-refractivity contribution in [2.24, 2.45) is 0 Å². The number of hydrogen-bond acceptors (Lipinski definition) is 2. The van der Waals surface area contributed by atoms with Crippen molar-refractivity contribution in [2.45, 2.75) is 45.3 Å². The molecule has 51 heavy (non-hydrogen) atoms. The van der Waals surface area contributed by atoms with Crippen LogP contribution in [0.5, 0.6) is 0 Å². The summed E-state index contributed by atoms with van der Waals surface area (Å²) in [5.41, 5.74) is 6.00. The van der Waals surface area contributed by atoms with Crippen LogP contribution in [0.25, 0.3) is 21.5 Å². The molecule has 2 aliphatic carbocycles. The van der Waals surface area contributed by atoms with E-state index < -0.39 is 18.4 Å². The molecule has 0 amide bonds. The summed E-state index contributed by atoms with van der Waals surface area (Å²) in [5.74, 6) is 0. The molecule has 10 rings (SSSR count). The van der Waals surface area contributed by atoms with Gasteiger partial charge in [0.15, 0.2) is 0 Å². The molecular formula is C48H36S2Sn. The predicted octanol–water partition coefficient (Wildman–Crippen LogP) is 9.87. The summed E-state index contributed by atoms with van der Waals surface area (Å²) in [5, 5.41) is 5.98. The third-order valence-electron chi connectivity index (χ3n) is 11.1. The fourth-order valence-electron chi connectivity index (χ4n) is 8.93. The molecule has 0 saturated heterocycles. The molecule has 0 radical (unpaired) electrons. The van der Waals surface area contributed by atoms with Gasteiger partial charge < -0.3 is 0 Å². The molecule has 0 saturated carbocycles. The van der Waals surface area contributed by atoms with E-state index in [0.29, 0.717) is 0 Å². The van der Waals surface area contributed by atoms with E-state index in [1.165, 1.54) is 70.5 Å². The molecular weight excluding hydrogens is 759 g/mol. The maximum absolute atomic E-state index is 4.21. The summed E-state index contributed by atoms with van der Waals surface area (Å²) in [6.07, 6.45) is 4.46. The Balaban J connectivity index is 1.38. The minimum absolute atomic E-state index is 1.11. The molecule has 244 valence electrons. The van der Waals surface area contributed by atoms with Gasteiger partial charge in [-0.2, -0.15) is 0 Å². The van der Waals surface area contributed by atoms with Crippen molar-refractivity contribution in [2.75, 3.05) is 0 Å². The van der Waals surface area contributed by atoms with Gasteiger partial charge in [0, 0.05) is 0 Å². The first-order valence-corrected chi connectivity index (χ1v) is 25.4. The number of hydrogen-bond donors (Lipinski definition) is 0. The van der Waals surface area contributed by atoms with Gasteiger partial charge in [-0.05, 0) is 0 Å². The average molecular weight is 796 g/mol. The van der Waals surface area contributed by atoms with E-state index in [4.69, 9.17) is 0 Å².